The van der Waals surface area contributed by atoms with E-state index in [1.54, 1.807) is 0 Å². The first-order chi connectivity index (χ1) is 13.9. The van der Waals surface area contributed by atoms with Crippen molar-refractivity contribution >= 4 is 5.91 Å². The summed E-state index contributed by atoms with van der Waals surface area (Å²) in [4.78, 5) is 20.8. The van der Waals surface area contributed by atoms with Crippen LogP contribution in [-0.2, 0) is 22.3 Å². The molecule has 0 saturated carbocycles. The Labute approximate surface area is 165 Å². The van der Waals surface area contributed by atoms with E-state index in [1.165, 1.54) is 0 Å². The van der Waals surface area contributed by atoms with Crippen molar-refractivity contribution in [3.63, 3.8) is 0 Å². The second-order valence-corrected chi connectivity index (χ2v) is 6.75. The average Bonchev–Trinajstić information content (AvgIpc) is 3.12. The van der Waals surface area contributed by atoms with Crippen LogP contribution in [0.25, 0.3) is 0 Å². The summed E-state index contributed by atoms with van der Waals surface area (Å²) in [7, 11) is 0. The molecule has 3 aliphatic heterocycles. The molecule has 4 rings (SSSR count). The Balaban J connectivity index is 1.46. The number of halogens is 3. The van der Waals surface area contributed by atoms with Crippen LogP contribution in [0.15, 0.2) is 54.2 Å². The summed E-state index contributed by atoms with van der Waals surface area (Å²) in [6, 6.07) is 1.84. The molecule has 1 aromatic heterocycles. The van der Waals surface area contributed by atoms with Crippen LogP contribution in [0, 0.1) is 0 Å². The van der Waals surface area contributed by atoms with Crippen molar-refractivity contribution in [2.45, 2.75) is 19.0 Å². The monoisotopic (exact) mass is 407 g/mol. The second-order valence-electron chi connectivity index (χ2n) is 6.75. The van der Waals surface area contributed by atoms with Gasteiger partial charge in [0.15, 0.2) is 6.29 Å². The van der Waals surface area contributed by atoms with E-state index in [0.29, 0.717) is 24.6 Å². The number of alkyl halides is 3. The van der Waals surface area contributed by atoms with E-state index in [2.05, 4.69) is 20.5 Å². The van der Waals surface area contributed by atoms with Gasteiger partial charge in [0, 0.05) is 25.5 Å². The fourth-order valence-electron chi connectivity index (χ4n) is 3.44. The Kier molecular flexibility index (Phi) is 5.29. The first kappa shape index (κ1) is 19.5. The average molecular weight is 407 g/mol. The molecule has 2 N–H and O–H groups in total. The molecule has 1 fully saturated rings. The SMILES string of the molecule is O=C(NCc1cc(C(F)(F)F)ccn1)C1=C2C=CC=CN2C(N2CCOCC2)N1. The van der Waals surface area contributed by atoms with Gasteiger partial charge in [-0.2, -0.15) is 13.2 Å². The van der Waals surface area contributed by atoms with Crippen LogP contribution in [0.4, 0.5) is 13.2 Å². The molecule has 0 aromatic carbocycles. The molecular formula is C19H20F3N5O2. The number of allylic oxidation sites excluding steroid dienone is 3. The summed E-state index contributed by atoms with van der Waals surface area (Å²) < 4.78 is 43.9. The van der Waals surface area contributed by atoms with Gasteiger partial charge in [-0.3, -0.25) is 14.7 Å². The number of carbonyl (C=O) groups is 1. The number of nitrogens with one attached hydrogen (secondary N) is 2. The van der Waals surface area contributed by atoms with Crippen molar-refractivity contribution < 1.29 is 22.7 Å². The number of rotatable bonds is 4. The molecular weight excluding hydrogens is 387 g/mol. The van der Waals surface area contributed by atoms with E-state index < -0.39 is 17.6 Å². The summed E-state index contributed by atoms with van der Waals surface area (Å²) in [6.45, 7) is 2.57. The highest BCUT2D eigenvalue weighted by Crippen LogP contribution is 2.29. The van der Waals surface area contributed by atoms with Crippen molar-refractivity contribution in [2.75, 3.05) is 26.3 Å². The molecule has 10 heteroatoms. The molecule has 0 radical (unpaired) electrons. The number of ether oxygens (including phenoxy) is 1. The molecule has 1 unspecified atom stereocenters. The van der Waals surface area contributed by atoms with E-state index in [-0.39, 0.29) is 18.5 Å². The second kappa shape index (κ2) is 7.88. The normalized spacial score (nSPS) is 21.9. The number of morpholine rings is 1. The van der Waals surface area contributed by atoms with Crippen LogP contribution < -0.4 is 10.6 Å². The number of carbonyl (C=O) groups excluding carboxylic acids is 1. The molecule has 1 atom stereocenters. The van der Waals surface area contributed by atoms with Gasteiger partial charge in [0.05, 0.1) is 36.7 Å². The molecule has 1 saturated heterocycles. The third kappa shape index (κ3) is 4.13. The minimum Gasteiger partial charge on any atom is -0.379 e. The van der Waals surface area contributed by atoms with Gasteiger partial charge in [0.25, 0.3) is 5.91 Å². The van der Waals surface area contributed by atoms with Crippen LogP contribution in [0.2, 0.25) is 0 Å². The van der Waals surface area contributed by atoms with Crippen molar-refractivity contribution in [1.82, 2.24) is 25.4 Å². The lowest BCUT2D eigenvalue weighted by Crippen LogP contribution is -2.54. The standard InChI is InChI=1S/C19H20F3N5O2/c20-19(21,22)13-4-5-23-14(11-13)12-24-17(28)16-15-3-1-2-6-27(15)18(25-16)26-7-9-29-10-8-26/h1-6,11,18,25H,7-10,12H2,(H,24,28). The molecule has 0 spiro atoms. The van der Waals surface area contributed by atoms with E-state index in [9.17, 15) is 18.0 Å². The maximum atomic E-state index is 12.9. The zero-order valence-corrected chi connectivity index (χ0v) is 15.4. The third-order valence-corrected chi connectivity index (χ3v) is 4.88. The Morgan fingerprint density at radius 2 is 2.10 bits per heavy atom. The van der Waals surface area contributed by atoms with Crippen LogP contribution in [0.3, 0.4) is 0 Å². The van der Waals surface area contributed by atoms with E-state index in [1.807, 2.05) is 29.3 Å². The first-order valence-electron chi connectivity index (χ1n) is 9.19. The fraction of sp³-hybridized carbons (Fsp3) is 0.368. The van der Waals surface area contributed by atoms with Crippen molar-refractivity contribution in [1.29, 1.82) is 0 Å². The maximum Gasteiger partial charge on any atom is 0.416 e. The van der Waals surface area contributed by atoms with Gasteiger partial charge in [0.2, 0.25) is 0 Å². The van der Waals surface area contributed by atoms with Gasteiger partial charge >= 0.3 is 6.18 Å². The predicted octanol–water partition coefficient (Wildman–Crippen LogP) is 1.53. The largest absolute Gasteiger partial charge is 0.416 e. The Morgan fingerprint density at radius 3 is 2.86 bits per heavy atom. The predicted molar refractivity (Wildman–Crippen MR) is 97.5 cm³/mol. The lowest BCUT2D eigenvalue weighted by molar-refractivity contribution is -0.137. The summed E-state index contributed by atoms with van der Waals surface area (Å²) in [6.07, 6.45) is 3.84. The quantitative estimate of drug-likeness (QED) is 0.789. The molecule has 0 bridgehead atoms. The van der Waals surface area contributed by atoms with Crippen molar-refractivity contribution in [2.24, 2.45) is 0 Å². The highest BCUT2D eigenvalue weighted by atomic mass is 19.4. The van der Waals surface area contributed by atoms with E-state index in [4.69, 9.17) is 4.74 Å². The number of hydrogen-bond acceptors (Lipinski definition) is 6. The van der Waals surface area contributed by atoms with E-state index >= 15 is 0 Å². The molecule has 0 aliphatic carbocycles. The fourth-order valence-corrected chi connectivity index (χ4v) is 3.44. The number of hydrogen-bond donors (Lipinski definition) is 2. The van der Waals surface area contributed by atoms with Gasteiger partial charge in [-0.05, 0) is 24.3 Å². The third-order valence-electron chi connectivity index (χ3n) is 4.88. The Morgan fingerprint density at radius 1 is 1.31 bits per heavy atom. The zero-order chi connectivity index (χ0) is 20.4. The van der Waals surface area contributed by atoms with Gasteiger partial charge in [-0.25, -0.2) is 0 Å². The Hall–Kier alpha value is -2.85. The van der Waals surface area contributed by atoms with Crippen molar-refractivity contribution in [3.8, 4) is 0 Å². The number of pyridine rings is 1. The van der Waals surface area contributed by atoms with Crippen molar-refractivity contribution in [3.05, 3.63) is 65.4 Å². The lowest BCUT2D eigenvalue weighted by Gasteiger charge is -2.37. The minimum atomic E-state index is -4.45. The van der Waals surface area contributed by atoms with Crippen LogP contribution >= 0.6 is 0 Å². The van der Waals surface area contributed by atoms with Gasteiger partial charge in [-0.15, -0.1) is 0 Å². The van der Waals surface area contributed by atoms with Crippen LogP contribution in [0.1, 0.15) is 11.3 Å². The smallest absolute Gasteiger partial charge is 0.379 e. The zero-order valence-electron chi connectivity index (χ0n) is 15.4. The molecule has 154 valence electrons. The molecule has 7 nitrogen and oxygen atoms in total. The lowest BCUT2D eigenvalue weighted by atomic mass is 10.2. The minimum absolute atomic E-state index is 0.108. The number of nitrogens with zero attached hydrogens (tertiary/aromatic N) is 3. The molecule has 1 aromatic rings. The van der Waals surface area contributed by atoms with Crippen LogP contribution in [-0.4, -0.2) is 53.3 Å². The number of amides is 1. The maximum absolute atomic E-state index is 12.9. The molecule has 29 heavy (non-hydrogen) atoms. The number of fused-ring (bicyclic) bond motifs is 1. The van der Waals surface area contributed by atoms with Gasteiger partial charge in [0.1, 0.15) is 5.70 Å². The molecule has 4 heterocycles. The van der Waals surface area contributed by atoms with Crippen LogP contribution in [0.5, 0.6) is 0 Å². The molecule has 1 amide bonds. The summed E-state index contributed by atoms with van der Waals surface area (Å²) in [5.41, 5.74) is 0.418. The highest BCUT2D eigenvalue weighted by Gasteiger charge is 2.37. The highest BCUT2D eigenvalue weighted by molar-refractivity contribution is 5.94. The summed E-state index contributed by atoms with van der Waals surface area (Å²) >= 11 is 0. The number of aromatic nitrogens is 1. The summed E-state index contributed by atoms with van der Waals surface area (Å²) in [5, 5.41) is 5.89. The Bertz CT molecular complexity index is 875. The first-order valence-corrected chi connectivity index (χ1v) is 9.19. The summed E-state index contributed by atoms with van der Waals surface area (Å²) in [5.74, 6) is -0.403. The topological polar surface area (TPSA) is 69.7 Å². The van der Waals surface area contributed by atoms with Gasteiger partial charge < -0.3 is 20.3 Å². The van der Waals surface area contributed by atoms with E-state index in [0.717, 1.165) is 31.4 Å². The molecule has 3 aliphatic rings. The van der Waals surface area contributed by atoms with Gasteiger partial charge in [-0.1, -0.05) is 6.08 Å².